The number of hydrogen-bond donors (Lipinski definition) is 2. The van der Waals surface area contributed by atoms with Gasteiger partial charge in [-0.1, -0.05) is 27.7 Å². The predicted octanol–water partition coefficient (Wildman–Crippen LogP) is 2.71. The highest BCUT2D eigenvalue weighted by atomic mass is 16.6. The van der Waals surface area contributed by atoms with Crippen LogP contribution in [0, 0.1) is 26.9 Å². The molecule has 0 aliphatic heterocycles. The Bertz CT molecular complexity index is 594. The molecule has 1 aliphatic rings. The lowest BCUT2D eigenvalue weighted by Gasteiger charge is -2.07. The third-order valence-electron chi connectivity index (χ3n) is 5.21. The molecular formula is C15H20N2O4. The minimum Gasteiger partial charge on any atom is -0.508 e. The van der Waals surface area contributed by atoms with Gasteiger partial charge >= 0.3 is 0 Å². The zero-order valence-corrected chi connectivity index (χ0v) is 12.6. The van der Waals surface area contributed by atoms with Crippen LogP contribution in [0.15, 0.2) is 18.2 Å². The fourth-order valence-corrected chi connectivity index (χ4v) is 3.00. The molecule has 0 radical (unpaired) electrons. The van der Waals surface area contributed by atoms with Crippen LogP contribution in [0.1, 0.15) is 38.1 Å². The van der Waals surface area contributed by atoms with E-state index in [0.717, 1.165) is 12.1 Å². The van der Waals surface area contributed by atoms with E-state index in [0.29, 0.717) is 12.5 Å². The Morgan fingerprint density at radius 1 is 1.33 bits per heavy atom. The van der Waals surface area contributed by atoms with Crippen LogP contribution in [0.4, 0.5) is 5.69 Å². The molecule has 0 aromatic heterocycles. The van der Waals surface area contributed by atoms with Gasteiger partial charge < -0.3 is 10.4 Å². The molecule has 1 aromatic carbocycles. The van der Waals surface area contributed by atoms with E-state index in [1.807, 2.05) is 0 Å². The molecular weight excluding hydrogens is 272 g/mol. The van der Waals surface area contributed by atoms with Gasteiger partial charge in [0, 0.05) is 12.6 Å². The van der Waals surface area contributed by atoms with Crippen molar-refractivity contribution in [1.82, 2.24) is 5.32 Å². The fraction of sp³-hybridized carbons (Fsp3) is 0.533. The zero-order chi connectivity index (χ0) is 16.0. The Kier molecular flexibility index (Phi) is 3.43. The van der Waals surface area contributed by atoms with Gasteiger partial charge in [-0.3, -0.25) is 14.9 Å². The minimum absolute atomic E-state index is 0.115. The summed E-state index contributed by atoms with van der Waals surface area (Å²) in [6.45, 7) is 9.02. The van der Waals surface area contributed by atoms with E-state index in [2.05, 4.69) is 33.0 Å². The van der Waals surface area contributed by atoms with Gasteiger partial charge in [-0.25, -0.2) is 0 Å². The topological polar surface area (TPSA) is 92.5 Å². The van der Waals surface area contributed by atoms with Crippen LogP contribution < -0.4 is 5.32 Å². The van der Waals surface area contributed by atoms with Crippen molar-refractivity contribution in [2.45, 2.75) is 27.7 Å². The maximum absolute atomic E-state index is 12.1. The van der Waals surface area contributed by atoms with Crippen LogP contribution in [-0.2, 0) is 0 Å². The summed E-state index contributed by atoms with van der Waals surface area (Å²) in [5.41, 5.74) is -0.160. The number of nitrogens with zero attached hydrogens (tertiary/aromatic N) is 1. The van der Waals surface area contributed by atoms with Crippen molar-refractivity contribution in [3.8, 4) is 5.75 Å². The number of phenolic OH excluding ortho intramolecular Hbond substituents is 1. The lowest BCUT2D eigenvalue weighted by atomic mass is 10.0. The van der Waals surface area contributed by atoms with E-state index in [-0.39, 0.29) is 27.8 Å². The highest BCUT2D eigenvalue weighted by Crippen LogP contribution is 2.67. The molecule has 114 valence electrons. The normalized spacial score (nSPS) is 19.0. The third-order valence-corrected chi connectivity index (χ3v) is 5.21. The van der Waals surface area contributed by atoms with Crippen LogP contribution in [0.3, 0.4) is 0 Å². The molecule has 6 heteroatoms. The van der Waals surface area contributed by atoms with E-state index in [1.54, 1.807) is 0 Å². The zero-order valence-electron chi connectivity index (χ0n) is 12.6. The minimum atomic E-state index is -0.626. The van der Waals surface area contributed by atoms with Crippen molar-refractivity contribution in [2.24, 2.45) is 16.7 Å². The highest BCUT2D eigenvalue weighted by molar-refractivity contribution is 5.98. The number of carbonyl (C=O) groups is 1. The maximum atomic E-state index is 12.1. The van der Waals surface area contributed by atoms with Crippen LogP contribution in [0.2, 0.25) is 0 Å². The van der Waals surface area contributed by atoms with Gasteiger partial charge in [-0.05, 0) is 28.9 Å². The largest absolute Gasteiger partial charge is 0.508 e. The first kappa shape index (κ1) is 15.3. The van der Waals surface area contributed by atoms with E-state index >= 15 is 0 Å². The highest BCUT2D eigenvalue weighted by Gasteiger charge is 2.64. The number of hydrogen-bond acceptors (Lipinski definition) is 4. The molecule has 0 atom stereocenters. The lowest BCUT2D eigenvalue weighted by molar-refractivity contribution is -0.385. The molecule has 2 rings (SSSR count). The molecule has 1 aromatic rings. The van der Waals surface area contributed by atoms with Crippen LogP contribution in [0.25, 0.3) is 0 Å². The van der Waals surface area contributed by atoms with Gasteiger partial charge in [-0.2, -0.15) is 0 Å². The predicted molar refractivity (Wildman–Crippen MR) is 78.1 cm³/mol. The van der Waals surface area contributed by atoms with Crippen LogP contribution >= 0.6 is 0 Å². The third kappa shape index (κ3) is 2.46. The van der Waals surface area contributed by atoms with Gasteiger partial charge in [0.15, 0.2) is 0 Å². The molecule has 21 heavy (non-hydrogen) atoms. The number of nitro benzene ring substituents is 1. The first-order valence-electron chi connectivity index (χ1n) is 6.84. The molecule has 0 saturated heterocycles. The molecule has 1 amide bonds. The first-order chi connectivity index (χ1) is 9.59. The number of phenols is 1. The Balaban J connectivity index is 2.12. The second-order valence-electron chi connectivity index (χ2n) is 6.66. The number of nitrogens with one attached hydrogen (secondary N) is 1. The SMILES string of the molecule is CC1(C)C(CNC(=O)c2cc(O)ccc2[N+](=O)[O-])C1(C)C. The van der Waals surface area contributed by atoms with Gasteiger partial charge in [0.05, 0.1) is 4.92 Å². The second-order valence-corrected chi connectivity index (χ2v) is 6.66. The van der Waals surface area contributed by atoms with E-state index in [1.165, 1.54) is 6.07 Å². The van der Waals surface area contributed by atoms with Gasteiger partial charge in [0.2, 0.25) is 0 Å². The Labute approximate surface area is 123 Å². The van der Waals surface area contributed by atoms with Crippen molar-refractivity contribution in [1.29, 1.82) is 0 Å². The van der Waals surface area contributed by atoms with Crippen LogP contribution in [-0.4, -0.2) is 22.5 Å². The van der Waals surface area contributed by atoms with Crippen molar-refractivity contribution >= 4 is 11.6 Å². The molecule has 2 N–H and O–H groups in total. The van der Waals surface area contributed by atoms with Crippen molar-refractivity contribution in [3.63, 3.8) is 0 Å². The molecule has 1 aliphatic carbocycles. The van der Waals surface area contributed by atoms with E-state index in [9.17, 15) is 20.0 Å². The number of nitro groups is 1. The summed E-state index contributed by atoms with van der Waals surface area (Å²) >= 11 is 0. The maximum Gasteiger partial charge on any atom is 0.282 e. The summed E-state index contributed by atoms with van der Waals surface area (Å²) < 4.78 is 0. The average Bonchev–Trinajstić information content (AvgIpc) is 2.76. The van der Waals surface area contributed by atoms with Crippen molar-refractivity contribution in [3.05, 3.63) is 33.9 Å². The van der Waals surface area contributed by atoms with Crippen molar-refractivity contribution < 1.29 is 14.8 Å². The Morgan fingerprint density at radius 2 is 1.90 bits per heavy atom. The number of aromatic hydroxyl groups is 1. The summed E-state index contributed by atoms with van der Waals surface area (Å²) in [4.78, 5) is 22.5. The number of amides is 1. The smallest absolute Gasteiger partial charge is 0.282 e. The first-order valence-corrected chi connectivity index (χ1v) is 6.84. The number of benzene rings is 1. The summed E-state index contributed by atoms with van der Waals surface area (Å²) in [7, 11) is 0. The number of carbonyl (C=O) groups excluding carboxylic acids is 1. The quantitative estimate of drug-likeness (QED) is 0.659. The Hall–Kier alpha value is -2.11. The van der Waals surface area contributed by atoms with Gasteiger partial charge in [-0.15, -0.1) is 0 Å². The molecule has 0 spiro atoms. The monoisotopic (exact) mass is 292 g/mol. The molecule has 0 unspecified atom stereocenters. The summed E-state index contributed by atoms with van der Waals surface area (Å²) in [5.74, 6) is -0.376. The van der Waals surface area contributed by atoms with Crippen LogP contribution in [0.5, 0.6) is 5.75 Å². The lowest BCUT2D eigenvalue weighted by Crippen LogP contribution is -2.27. The van der Waals surface area contributed by atoms with E-state index < -0.39 is 10.8 Å². The van der Waals surface area contributed by atoms with Gasteiger partial charge in [0.25, 0.3) is 11.6 Å². The number of rotatable bonds is 4. The van der Waals surface area contributed by atoms with E-state index in [4.69, 9.17) is 0 Å². The molecule has 1 saturated carbocycles. The molecule has 0 heterocycles. The standard InChI is InChI=1S/C15H20N2O4/c1-14(2)12(15(14,3)4)8-16-13(19)10-7-9(18)5-6-11(10)17(20)21/h5-7,12,18H,8H2,1-4H3,(H,16,19). The molecule has 1 fully saturated rings. The Morgan fingerprint density at radius 3 is 2.38 bits per heavy atom. The van der Waals surface area contributed by atoms with Crippen molar-refractivity contribution in [2.75, 3.05) is 6.54 Å². The summed E-state index contributed by atoms with van der Waals surface area (Å²) in [6.07, 6.45) is 0. The molecule has 0 bridgehead atoms. The fourth-order valence-electron chi connectivity index (χ4n) is 3.00. The average molecular weight is 292 g/mol. The summed E-state index contributed by atoms with van der Waals surface area (Å²) in [5, 5.41) is 23.1. The molecule has 6 nitrogen and oxygen atoms in total. The summed E-state index contributed by atoms with van der Waals surface area (Å²) in [6, 6.07) is 3.45. The van der Waals surface area contributed by atoms with Gasteiger partial charge in [0.1, 0.15) is 11.3 Å². The second kappa shape index (κ2) is 4.72.